The van der Waals surface area contributed by atoms with Crippen LogP contribution in [-0.4, -0.2) is 56.4 Å². The molecule has 8 nitrogen and oxygen atoms in total. The van der Waals surface area contributed by atoms with E-state index in [1.807, 2.05) is 0 Å². The number of ether oxygens (including phenoxy) is 2. The van der Waals surface area contributed by atoms with Crippen molar-refractivity contribution in [3.63, 3.8) is 0 Å². The molecular formula is C24H30FN3O5S. The lowest BCUT2D eigenvalue weighted by Crippen LogP contribution is -2.55. The minimum atomic E-state index is -3.29. The third-order valence-electron chi connectivity index (χ3n) is 6.52. The molecule has 2 aromatic rings. The van der Waals surface area contributed by atoms with Gasteiger partial charge in [-0.2, -0.15) is 0 Å². The number of aromatic nitrogens is 1. The van der Waals surface area contributed by atoms with Gasteiger partial charge in [-0.25, -0.2) is 17.8 Å². The third-order valence-corrected chi connectivity index (χ3v) is 7.62. The molecule has 1 N–H and O–H groups in total. The summed E-state index contributed by atoms with van der Waals surface area (Å²) in [6.07, 6.45) is 6.06. The van der Waals surface area contributed by atoms with Gasteiger partial charge in [-0.05, 0) is 63.8 Å². The lowest BCUT2D eigenvalue weighted by molar-refractivity contribution is -0.135. The molecule has 4 rings (SSSR count). The second kappa shape index (κ2) is 9.05. The van der Waals surface area contributed by atoms with Gasteiger partial charge in [-0.15, -0.1) is 0 Å². The molecule has 2 saturated heterocycles. The Bertz CT molecular complexity index is 1160. The number of carbonyl (C=O) groups is 1. The maximum atomic E-state index is 13.5. The van der Waals surface area contributed by atoms with Gasteiger partial charge < -0.3 is 19.7 Å². The molecule has 2 aliphatic rings. The van der Waals surface area contributed by atoms with E-state index >= 15 is 0 Å². The van der Waals surface area contributed by atoms with E-state index in [1.54, 1.807) is 26.0 Å². The zero-order chi connectivity index (χ0) is 24.7. The van der Waals surface area contributed by atoms with Gasteiger partial charge >= 0.3 is 0 Å². The fourth-order valence-electron chi connectivity index (χ4n) is 4.82. The topological polar surface area (TPSA) is 97.8 Å². The number of hydrogen-bond donors (Lipinski definition) is 1. The Morgan fingerprint density at radius 1 is 1.15 bits per heavy atom. The molecule has 2 fully saturated rings. The monoisotopic (exact) mass is 491 g/mol. The summed E-state index contributed by atoms with van der Waals surface area (Å²) in [6.45, 7) is 3.34. The molecule has 184 valence electrons. The van der Waals surface area contributed by atoms with E-state index in [9.17, 15) is 17.6 Å². The SMILES string of the molecule is COc1cc(F)ccc1OC(C)(C)C(=O)NC1CC2CCC(C1)N2c1ccc(S(C)(=O)=O)cn1. The molecule has 10 heteroatoms. The number of benzene rings is 1. The number of pyridine rings is 1. The second-order valence-electron chi connectivity index (χ2n) is 9.47. The number of amides is 1. The summed E-state index contributed by atoms with van der Waals surface area (Å²) >= 11 is 0. The average molecular weight is 492 g/mol. The molecular weight excluding hydrogens is 461 g/mol. The van der Waals surface area contributed by atoms with E-state index in [-0.39, 0.29) is 34.7 Å². The molecule has 34 heavy (non-hydrogen) atoms. The van der Waals surface area contributed by atoms with Crippen molar-refractivity contribution in [2.75, 3.05) is 18.3 Å². The molecule has 2 atom stereocenters. The van der Waals surface area contributed by atoms with Crippen molar-refractivity contribution >= 4 is 21.6 Å². The second-order valence-corrected chi connectivity index (χ2v) is 11.5. The Morgan fingerprint density at radius 2 is 1.82 bits per heavy atom. The van der Waals surface area contributed by atoms with Crippen molar-refractivity contribution in [1.82, 2.24) is 10.3 Å². The number of fused-ring (bicyclic) bond motifs is 2. The van der Waals surface area contributed by atoms with E-state index in [1.165, 1.54) is 37.8 Å². The molecule has 1 amide bonds. The Morgan fingerprint density at radius 3 is 2.38 bits per heavy atom. The number of halogens is 1. The lowest BCUT2D eigenvalue weighted by atomic mass is 9.96. The van der Waals surface area contributed by atoms with Crippen LogP contribution in [0.15, 0.2) is 41.4 Å². The van der Waals surface area contributed by atoms with Gasteiger partial charge in [0.25, 0.3) is 5.91 Å². The van der Waals surface area contributed by atoms with Gasteiger partial charge in [-0.1, -0.05) is 0 Å². The minimum Gasteiger partial charge on any atom is -0.493 e. The van der Waals surface area contributed by atoms with Crippen molar-refractivity contribution in [2.45, 2.75) is 68.2 Å². The van der Waals surface area contributed by atoms with Crippen LogP contribution in [0, 0.1) is 5.82 Å². The van der Waals surface area contributed by atoms with Crippen LogP contribution in [-0.2, 0) is 14.6 Å². The highest BCUT2D eigenvalue weighted by atomic mass is 32.2. The summed E-state index contributed by atoms with van der Waals surface area (Å²) in [6, 6.07) is 7.67. The maximum Gasteiger partial charge on any atom is 0.263 e. The van der Waals surface area contributed by atoms with E-state index in [0.29, 0.717) is 5.75 Å². The molecule has 0 aliphatic carbocycles. The fourth-order valence-corrected chi connectivity index (χ4v) is 5.38. The average Bonchev–Trinajstić information content (AvgIpc) is 3.04. The van der Waals surface area contributed by atoms with Gasteiger partial charge in [-0.3, -0.25) is 4.79 Å². The normalized spacial score (nSPS) is 22.4. The standard InChI is InChI=1S/C24H30FN3O5S/c1-24(2,33-20-9-5-15(25)11-21(20)32-3)23(29)27-16-12-17-6-7-18(13-16)28(17)22-10-8-19(14-26-22)34(4,30)31/h5,8-11,14,16-18H,6-7,12-13H2,1-4H3,(H,27,29). The highest BCUT2D eigenvalue weighted by Crippen LogP contribution is 2.39. The van der Waals surface area contributed by atoms with Crippen LogP contribution >= 0.6 is 0 Å². The summed E-state index contributed by atoms with van der Waals surface area (Å²) in [5.41, 5.74) is -1.19. The smallest absolute Gasteiger partial charge is 0.263 e. The van der Waals surface area contributed by atoms with Crippen molar-refractivity contribution in [1.29, 1.82) is 0 Å². The van der Waals surface area contributed by atoms with E-state index in [0.717, 1.165) is 31.5 Å². The molecule has 2 unspecified atom stereocenters. The predicted octanol–water partition coefficient (Wildman–Crippen LogP) is 3.11. The molecule has 2 aliphatic heterocycles. The van der Waals surface area contributed by atoms with E-state index < -0.39 is 21.3 Å². The number of hydrogen-bond acceptors (Lipinski definition) is 7. The predicted molar refractivity (Wildman–Crippen MR) is 125 cm³/mol. The van der Waals surface area contributed by atoms with Crippen molar-refractivity contribution < 1.29 is 27.1 Å². The summed E-state index contributed by atoms with van der Waals surface area (Å²) in [4.78, 5) is 19.9. The van der Waals surface area contributed by atoms with Crippen LogP contribution in [0.1, 0.15) is 39.5 Å². The number of methoxy groups -OCH3 is 1. The first-order valence-corrected chi connectivity index (χ1v) is 13.1. The third kappa shape index (κ3) is 4.96. The van der Waals surface area contributed by atoms with Gasteiger partial charge in [0.2, 0.25) is 0 Å². The molecule has 0 saturated carbocycles. The van der Waals surface area contributed by atoms with E-state index in [4.69, 9.17) is 9.47 Å². The van der Waals surface area contributed by atoms with Crippen molar-refractivity contribution in [2.24, 2.45) is 0 Å². The number of sulfone groups is 1. The Kier molecular flexibility index (Phi) is 6.46. The number of carbonyl (C=O) groups excluding carboxylic acids is 1. The van der Waals surface area contributed by atoms with Crippen LogP contribution < -0.4 is 19.7 Å². The number of rotatable bonds is 7. The fraction of sp³-hybridized carbons (Fsp3) is 0.500. The largest absolute Gasteiger partial charge is 0.493 e. The molecule has 0 spiro atoms. The van der Waals surface area contributed by atoms with Gasteiger partial charge in [0.15, 0.2) is 26.9 Å². The van der Waals surface area contributed by atoms with Crippen LogP contribution in [0.2, 0.25) is 0 Å². The molecule has 1 aromatic heterocycles. The van der Waals surface area contributed by atoms with Gasteiger partial charge in [0, 0.05) is 36.6 Å². The first-order valence-electron chi connectivity index (χ1n) is 11.3. The summed E-state index contributed by atoms with van der Waals surface area (Å²) in [5.74, 6) is 0.572. The van der Waals surface area contributed by atoms with Crippen LogP contribution in [0.4, 0.5) is 10.2 Å². The van der Waals surface area contributed by atoms with E-state index in [2.05, 4.69) is 15.2 Å². The highest BCUT2D eigenvalue weighted by Gasteiger charge is 2.43. The lowest BCUT2D eigenvalue weighted by Gasteiger charge is -2.40. The maximum absolute atomic E-state index is 13.5. The Balaban J connectivity index is 1.41. The first-order chi connectivity index (χ1) is 16.0. The molecule has 0 radical (unpaired) electrons. The zero-order valence-corrected chi connectivity index (χ0v) is 20.6. The summed E-state index contributed by atoms with van der Waals surface area (Å²) in [7, 11) is -1.88. The Hall–Kier alpha value is -2.88. The molecule has 3 heterocycles. The highest BCUT2D eigenvalue weighted by molar-refractivity contribution is 7.90. The summed E-state index contributed by atoms with van der Waals surface area (Å²) in [5, 5.41) is 3.12. The Labute approximate surface area is 199 Å². The number of nitrogens with one attached hydrogen (secondary N) is 1. The van der Waals surface area contributed by atoms with Gasteiger partial charge in [0.1, 0.15) is 11.6 Å². The van der Waals surface area contributed by atoms with Crippen molar-refractivity contribution in [3.05, 3.63) is 42.3 Å². The van der Waals surface area contributed by atoms with Crippen LogP contribution in [0.3, 0.4) is 0 Å². The van der Waals surface area contributed by atoms with Crippen LogP contribution in [0.5, 0.6) is 11.5 Å². The quantitative estimate of drug-likeness (QED) is 0.636. The van der Waals surface area contributed by atoms with Crippen LogP contribution in [0.25, 0.3) is 0 Å². The van der Waals surface area contributed by atoms with Gasteiger partial charge in [0.05, 0.1) is 12.0 Å². The number of nitrogens with zero attached hydrogens (tertiary/aromatic N) is 2. The first kappa shape index (κ1) is 24.3. The molecule has 1 aromatic carbocycles. The summed E-state index contributed by atoms with van der Waals surface area (Å²) < 4.78 is 48.0. The zero-order valence-electron chi connectivity index (χ0n) is 19.7. The molecule has 2 bridgehead atoms. The minimum absolute atomic E-state index is 0.0190. The number of piperidine rings is 1. The van der Waals surface area contributed by atoms with Crippen molar-refractivity contribution in [3.8, 4) is 11.5 Å². The number of anilines is 1.